The van der Waals surface area contributed by atoms with Crippen LogP contribution in [0, 0.1) is 25.7 Å². The van der Waals surface area contributed by atoms with E-state index in [2.05, 4.69) is 47.1 Å². The molecule has 4 heterocycles. The van der Waals surface area contributed by atoms with E-state index < -0.39 is 5.92 Å². The molecule has 4 aromatic rings. The van der Waals surface area contributed by atoms with Gasteiger partial charge in [-0.2, -0.15) is 5.10 Å². The highest BCUT2D eigenvalue weighted by Gasteiger charge is 2.35. The molecule has 6 nitrogen and oxygen atoms in total. The van der Waals surface area contributed by atoms with Crippen LogP contribution in [0.4, 0.5) is 8.78 Å². The van der Waals surface area contributed by atoms with Crippen molar-refractivity contribution in [3.8, 4) is 22.3 Å². The minimum atomic E-state index is -2.52. The van der Waals surface area contributed by atoms with Crippen LogP contribution in [0.5, 0.6) is 0 Å². The topological polar surface area (TPSA) is 61.7 Å². The van der Waals surface area contributed by atoms with Crippen LogP contribution >= 0.6 is 0 Å². The summed E-state index contributed by atoms with van der Waals surface area (Å²) >= 11 is 0. The summed E-state index contributed by atoms with van der Waals surface area (Å²) in [5.74, 6) is -1.06. The predicted molar refractivity (Wildman–Crippen MR) is 128 cm³/mol. The number of halogens is 2. The quantitative estimate of drug-likeness (QED) is 0.318. The van der Waals surface area contributed by atoms with E-state index in [1.54, 1.807) is 0 Å². The lowest BCUT2D eigenvalue weighted by molar-refractivity contribution is -0.0472. The minimum Gasteiger partial charge on any atom is -0.361 e. The summed E-state index contributed by atoms with van der Waals surface area (Å²) in [7, 11) is 0. The molecule has 0 unspecified atom stereocenters. The van der Waals surface area contributed by atoms with Crippen molar-refractivity contribution in [2.45, 2.75) is 72.4 Å². The summed E-state index contributed by atoms with van der Waals surface area (Å²) < 4.78 is 37.0. The van der Waals surface area contributed by atoms with Crippen LogP contribution in [0.3, 0.4) is 0 Å². The molecule has 180 valence electrons. The molecule has 1 aliphatic rings. The Morgan fingerprint density at radius 2 is 1.88 bits per heavy atom. The van der Waals surface area contributed by atoms with Gasteiger partial charge in [0.05, 0.1) is 22.9 Å². The van der Waals surface area contributed by atoms with Crippen molar-refractivity contribution >= 4 is 11.0 Å². The summed E-state index contributed by atoms with van der Waals surface area (Å²) in [6.07, 6.45) is 8.91. The molecule has 0 aliphatic heterocycles. The number of alkyl halides is 2. The van der Waals surface area contributed by atoms with Gasteiger partial charge >= 0.3 is 0 Å². The van der Waals surface area contributed by atoms with Gasteiger partial charge in [-0.3, -0.25) is 9.67 Å². The van der Waals surface area contributed by atoms with E-state index >= 15 is 0 Å². The van der Waals surface area contributed by atoms with Gasteiger partial charge in [-0.25, -0.2) is 8.78 Å². The van der Waals surface area contributed by atoms with Gasteiger partial charge in [-0.15, -0.1) is 0 Å². The van der Waals surface area contributed by atoms with Crippen molar-refractivity contribution in [2.24, 2.45) is 11.8 Å². The second kappa shape index (κ2) is 8.64. The van der Waals surface area contributed by atoms with Crippen LogP contribution in [-0.4, -0.2) is 30.4 Å². The molecular formula is C26H31F2N5O. The SMILES string of the molecule is Cc1noc(C)c1-c1cnc2c(-c3cnn(CC(C)C)c3)cn(CC3CCC(F)(F)CC3)c2c1. The summed E-state index contributed by atoms with van der Waals surface area (Å²) in [6, 6.07) is 2.12. The second-order valence-electron chi connectivity index (χ2n) is 10.1. The number of aromatic nitrogens is 5. The first-order chi connectivity index (χ1) is 16.2. The molecule has 8 heteroatoms. The lowest BCUT2D eigenvalue weighted by atomic mass is 9.87. The van der Waals surface area contributed by atoms with Crippen molar-refractivity contribution in [1.29, 1.82) is 0 Å². The first kappa shape index (κ1) is 22.7. The number of rotatable bonds is 6. The van der Waals surface area contributed by atoms with E-state index in [9.17, 15) is 8.78 Å². The molecule has 0 aromatic carbocycles. The monoisotopic (exact) mass is 467 g/mol. The first-order valence-corrected chi connectivity index (χ1v) is 12.0. The Morgan fingerprint density at radius 1 is 1.12 bits per heavy atom. The number of hydrogen-bond acceptors (Lipinski definition) is 4. The van der Waals surface area contributed by atoms with Gasteiger partial charge in [-0.05, 0) is 44.6 Å². The minimum absolute atomic E-state index is 0.0335. The Labute approximate surface area is 198 Å². The normalized spacial score (nSPS) is 16.7. The highest BCUT2D eigenvalue weighted by molar-refractivity contribution is 5.94. The molecule has 1 saturated carbocycles. The maximum Gasteiger partial charge on any atom is 0.248 e. The molecule has 1 aliphatic carbocycles. The number of hydrogen-bond donors (Lipinski definition) is 0. The molecule has 0 spiro atoms. The van der Waals surface area contributed by atoms with E-state index in [1.165, 1.54) is 0 Å². The standard InChI is InChI=1S/C26H31F2N5O/c1-16(2)12-33-14-21(11-30-33)22-15-32(13-19-5-7-26(27,28)8-6-19)23-9-20(10-29-25(22)23)24-17(3)31-34-18(24)4/h9-11,14-16,19H,5-8,12-13H2,1-4H3. The van der Waals surface area contributed by atoms with Gasteiger partial charge < -0.3 is 9.09 Å². The van der Waals surface area contributed by atoms with Crippen molar-refractivity contribution < 1.29 is 13.3 Å². The molecule has 1 fully saturated rings. The van der Waals surface area contributed by atoms with Crippen LogP contribution in [-0.2, 0) is 13.1 Å². The largest absolute Gasteiger partial charge is 0.361 e. The Morgan fingerprint density at radius 3 is 2.56 bits per heavy atom. The highest BCUT2D eigenvalue weighted by Crippen LogP contribution is 2.39. The number of fused-ring (bicyclic) bond motifs is 1. The zero-order valence-electron chi connectivity index (χ0n) is 20.2. The number of pyridine rings is 1. The third-order valence-electron chi connectivity index (χ3n) is 6.83. The molecule has 0 radical (unpaired) electrons. The molecule has 5 rings (SSSR count). The summed E-state index contributed by atoms with van der Waals surface area (Å²) in [5, 5.41) is 8.63. The van der Waals surface area contributed by atoms with Crippen molar-refractivity contribution in [1.82, 2.24) is 24.5 Å². The zero-order valence-corrected chi connectivity index (χ0v) is 20.2. The molecule has 0 atom stereocenters. The van der Waals surface area contributed by atoms with Crippen LogP contribution < -0.4 is 0 Å². The molecule has 0 bridgehead atoms. The average Bonchev–Trinajstić information content (AvgIpc) is 3.47. The summed E-state index contributed by atoms with van der Waals surface area (Å²) in [6.45, 7) is 9.69. The van der Waals surface area contributed by atoms with Crippen LogP contribution in [0.1, 0.15) is 51.0 Å². The molecule has 0 N–H and O–H groups in total. The van der Waals surface area contributed by atoms with Crippen molar-refractivity contribution in [3.63, 3.8) is 0 Å². The van der Waals surface area contributed by atoms with Gasteiger partial charge in [0.25, 0.3) is 0 Å². The Balaban J connectivity index is 1.57. The maximum absolute atomic E-state index is 13.7. The zero-order chi connectivity index (χ0) is 24.0. The summed E-state index contributed by atoms with van der Waals surface area (Å²) in [4.78, 5) is 4.86. The molecule has 0 saturated heterocycles. The van der Waals surface area contributed by atoms with Crippen molar-refractivity contribution in [3.05, 3.63) is 42.3 Å². The Hall–Kier alpha value is -3.03. The van der Waals surface area contributed by atoms with Gasteiger partial charge in [0, 0.05) is 66.8 Å². The molecule has 34 heavy (non-hydrogen) atoms. The lowest BCUT2D eigenvalue weighted by Gasteiger charge is -2.28. The van der Waals surface area contributed by atoms with E-state index in [4.69, 9.17) is 9.51 Å². The van der Waals surface area contributed by atoms with Gasteiger partial charge in [-0.1, -0.05) is 19.0 Å². The summed E-state index contributed by atoms with van der Waals surface area (Å²) in [5.41, 5.74) is 6.61. The molecule has 4 aromatic heterocycles. The lowest BCUT2D eigenvalue weighted by Crippen LogP contribution is -2.26. The van der Waals surface area contributed by atoms with Crippen LogP contribution in [0.2, 0.25) is 0 Å². The van der Waals surface area contributed by atoms with E-state index in [0.717, 1.165) is 51.3 Å². The van der Waals surface area contributed by atoms with E-state index in [-0.39, 0.29) is 18.8 Å². The first-order valence-electron chi connectivity index (χ1n) is 12.0. The number of nitrogens with zero attached hydrogens (tertiary/aromatic N) is 5. The Kier molecular flexibility index (Phi) is 5.78. The van der Waals surface area contributed by atoms with Gasteiger partial charge in [0.2, 0.25) is 5.92 Å². The third kappa shape index (κ3) is 4.38. The van der Waals surface area contributed by atoms with Crippen LogP contribution in [0.25, 0.3) is 33.3 Å². The maximum atomic E-state index is 13.7. The molecular weight excluding hydrogens is 436 g/mol. The number of aryl methyl sites for hydroxylation is 2. The predicted octanol–water partition coefficient (Wildman–Crippen LogP) is 6.65. The Bertz CT molecular complexity index is 1290. The smallest absolute Gasteiger partial charge is 0.248 e. The van der Waals surface area contributed by atoms with E-state index in [1.807, 2.05) is 30.9 Å². The highest BCUT2D eigenvalue weighted by atomic mass is 19.3. The fraction of sp³-hybridized carbons (Fsp3) is 0.500. The fourth-order valence-electron chi connectivity index (χ4n) is 5.10. The average molecular weight is 468 g/mol. The van der Waals surface area contributed by atoms with Crippen LogP contribution in [0.15, 0.2) is 35.4 Å². The van der Waals surface area contributed by atoms with Gasteiger partial charge in [0.15, 0.2) is 0 Å². The van der Waals surface area contributed by atoms with E-state index in [0.29, 0.717) is 25.3 Å². The molecule has 0 amide bonds. The second-order valence-corrected chi connectivity index (χ2v) is 10.1. The third-order valence-corrected chi connectivity index (χ3v) is 6.83. The van der Waals surface area contributed by atoms with Crippen molar-refractivity contribution in [2.75, 3.05) is 0 Å². The van der Waals surface area contributed by atoms with Gasteiger partial charge in [0.1, 0.15) is 5.76 Å². The fourth-order valence-corrected chi connectivity index (χ4v) is 5.10.